The van der Waals surface area contributed by atoms with Gasteiger partial charge >= 0.3 is 0 Å². The summed E-state index contributed by atoms with van der Waals surface area (Å²) in [5.41, 5.74) is 10.4. The first-order valence-electron chi connectivity index (χ1n) is 21.8. The first-order valence-corrected chi connectivity index (χ1v) is 21.8. The van der Waals surface area contributed by atoms with Gasteiger partial charge in [0.1, 0.15) is 0 Å². The van der Waals surface area contributed by atoms with Gasteiger partial charge in [-0.2, -0.15) is 0 Å². The molecular weight excluding hydrogens is 763 g/mol. The summed E-state index contributed by atoms with van der Waals surface area (Å²) in [7, 11) is 0. The molecule has 0 saturated heterocycles. The van der Waals surface area contributed by atoms with E-state index >= 15 is 0 Å². The van der Waals surface area contributed by atoms with Gasteiger partial charge in [0.05, 0.1) is 0 Å². The molecule has 0 bridgehead atoms. The second-order valence-corrected chi connectivity index (χ2v) is 17.5. The van der Waals surface area contributed by atoms with Crippen LogP contribution in [0.5, 0.6) is 0 Å². The molecule has 12 aromatic rings. The number of aromatic nitrogens is 3. The first-order chi connectivity index (χ1) is 31.0. The molecule has 0 fully saturated rings. The Morgan fingerprint density at radius 3 is 1.06 bits per heavy atom. The maximum Gasteiger partial charge on any atom is 0.164 e. The van der Waals surface area contributed by atoms with Crippen molar-refractivity contribution >= 4 is 64.6 Å². The molecular formula is C60H39N3. The molecule has 0 unspecified atom stereocenters. The van der Waals surface area contributed by atoms with Gasteiger partial charge in [0.15, 0.2) is 17.5 Å². The number of fused-ring (bicyclic) bond motifs is 15. The molecule has 294 valence electrons. The quantitative estimate of drug-likeness (QED) is 0.166. The van der Waals surface area contributed by atoms with Crippen LogP contribution in [0.2, 0.25) is 0 Å². The van der Waals surface area contributed by atoms with E-state index in [2.05, 4.69) is 153 Å². The van der Waals surface area contributed by atoms with E-state index in [1.807, 2.05) is 60.7 Å². The van der Waals surface area contributed by atoms with Crippen molar-refractivity contribution in [3.8, 4) is 56.4 Å². The highest BCUT2D eigenvalue weighted by atomic mass is 15.0. The topological polar surface area (TPSA) is 38.7 Å². The van der Waals surface area contributed by atoms with Crippen LogP contribution in [0.3, 0.4) is 0 Å². The van der Waals surface area contributed by atoms with Crippen molar-refractivity contribution in [1.29, 1.82) is 0 Å². The van der Waals surface area contributed by atoms with Crippen LogP contribution < -0.4 is 0 Å². The summed E-state index contributed by atoms with van der Waals surface area (Å²) in [6.07, 6.45) is 0. The Kier molecular flexibility index (Phi) is 7.65. The zero-order valence-corrected chi connectivity index (χ0v) is 34.9. The Hall–Kier alpha value is -8.01. The van der Waals surface area contributed by atoms with Gasteiger partial charge in [0.2, 0.25) is 0 Å². The Morgan fingerprint density at radius 1 is 0.254 bits per heavy atom. The van der Waals surface area contributed by atoms with Gasteiger partial charge in [-0.15, -0.1) is 0 Å². The third-order valence-electron chi connectivity index (χ3n) is 13.6. The molecule has 11 aromatic carbocycles. The average Bonchev–Trinajstić information content (AvgIpc) is 3.57. The van der Waals surface area contributed by atoms with Gasteiger partial charge in [-0.3, -0.25) is 0 Å². The van der Waals surface area contributed by atoms with E-state index in [-0.39, 0.29) is 5.41 Å². The minimum Gasteiger partial charge on any atom is -0.208 e. The summed E-state index contributed by atoms with van der Waals surface area (Å²) in [6, 6.07) is 72.6. The molecule has 0 amide bonds. The minimum absolute atomic E-state index is 0.174. The summed E-state index contributed by atoms with van der Waals surface area (Å²) in [5.74, 6) is 1.95. The Morgan fingerprint density at radius 2 is 0.587 bits per heavy atom. The second-order valence-electron chi connectivity index (χ2n) is 17.5. The number of benzene rings is 11. The van der Waals surface area contributed by atoms with Crippen molar-refractivity contribution < 1.29 is 0 Å². The van der Waals surface area contributed by atoms with E-state index in [0.717, 1.165) is 27.8 Å². The summed E-state index contributed by atoms with van der Waals surface area (Å²) in [5, 5.41) is 15.5. The summed E-state index contributed by atoms with van der Waals surface area (Å²) in [4.78, 5) is 15.0. The molecule has 63 heavy (non-hydrogen) atoms. The molecule has 0 atom stereocenters. The first kappa shape index (κ1) is 35.7. The van der Waals surface area contributed by atoms with Crippen LogP contribution in [0.4, 0.5) is 0 Å². The Balaban J connectivity index is 0.992. The van der Waals surface area contributed by atoms with Crippen molar-refractivity contribution in [1.82, 2.24) is 15.0 Å². The van der Waals surface area contributed by atoms with E-state index in [1.54, 1.807) is 0 Å². The van der Waals surface area contributed by atoms with Crippen molar-refractivity contribution in [2.24, 2.45) is 0 Å². The molecule has 1 aromatic heterocycles. The zero-order valence-electron chi connectivity index (χ0n) is 34.9. The number of nitrogens with zero attached hydrogens (tertiary/aromatic N) is 3. The van der Waals surface area contributed by atoms with Gasteiger partial charge in [-0.1, -0.05) is 178 Å². The van der Waals surface area contributed by atoms with Gasteiger partial charge in [-0.25, -0.2) is 15.0 Å². The van der Waals surface area contributed by atoms with Crippen LogP contribution in [0, 0.1) is 0 Å². The molecule has 3 nitrogen and oxygen atoms in total. The molecule has 13 rings (SSSR count). The molecule has 1 aliphatic carbocycles. The standard InChI is InChI=1S/C60H39N3/c1-60(2)55-34-51-44-25-12-10-23-42(44)41-22-9-11-24-43(41)49(51)32-53(55)54-33-50-47-29-28-39(31-48(47)45-26-13-14-27-46(45)52(50)35-56(54)60)38-20-15-21-40(30-38)59-62-57(36-16-5-3-6-17-36)61-58(63-59)37-18-7-4-8-19-37/h3-35H,1-2H3. The van der Waals surface area contributed by atoms with Crippen molar-refractivity contribution in [2.45, 2.75) is 19.3 Å². The Labute approximate surface area is 365 Å². The molecule has 0 saturated carbocycles. The lowest BCUT2D eigenvalue weighted by atomic mass is 9.80. The Bertz CT molecular complexity index is 3810. The largest absolute Gasteiger partial charge is 0.208 e. The molecule has 1 aliphatic rings. The second kappa shape index (κ2) is 13.5. The lowest BCUT2D eigenvalue weighted by Crippen LogP contribution is -2.15. The zero-order chi connectivity index (χ0) is 41.8. The molecule has 0 radical (unpaired) electrons. The molecule has 0 aliphatic heterocycles. The van der Waals surface area contributed by atoms with Crippen LogP contribution >= 0.6 is 0 Å². The maximum absolute atomic E-state index is 5.04. The fourth-order valence-corrected chi connectivity index (χ4v) is 10.5. The number of hydrogen-bond acceptors (Lipinski definition) is 3. The van der Waals surface area contributed by atoms with Gasteiger partial charge in [0.25, 0.3) is 0 Å². The number of rotatable bonds is 4. The SMILES string of the molecule is CC1(C)c2cc3c4ccccc4c4ccccc4c3cc2-c2cc3c4ccc(-c5cccc(-c6nc(-c7ccccc7)nc(-c7ccccc7)n6)c5)cc4c4ccccc4c3cc21. The fraction of sp³-hybridized carbons (Fsp3) is 0.0500. The highest BCUT2D eigenvalue weighted by Gasteiger charge is 2.37. The lowest BCUT2D eigenvalue weighted by molar-refractivity contribution is 0.662. The van der Waals surface area contributed by atoms with Crippen molar-refractivity contribution in [3.63, 3.8) is 0 Å². The number of hydrogen-bond donors (Lipinski definition) is 0. The van der Waals surface area contributed by atoms with Gasteiger partial charge in [-0.05, 0) is 134 Å². The van der Waals surface area contributed by atoms with E-state index in [9.17, 15) is 0 Å². The van der Waals surface area contributed by atoms with Crippen molar-refractivity contribution in [2.75, 3.05) is 0 Å². The van der Waals surface area contributed by atoms with Crippen LogP contribution in [0.1, 0.15) is 25.0 Å². The van der Waals surface area contributed by atoms with E-state index in [1.165, 1.54) is 86.9 Å². The van der Waals surface area contributed by atoms with Gasteiger partial charge in [0, 0.05) is 22.1 Å². The van der Waals surface area contributed by atoms with Crippen LogP contribution in [-0.4, -0.2) is 15.0 Å². The highest BCUT2D eigenvalue weighted by Crippen LogP contribution is 2.53. The average molecular weight is 802 g/mol. The smallest absolute Gasteiger partial charge is 0.164 e. The molecule has 1 heterocycles. The minimum atomic E-state index is -0.174. The molecule has 3 heteroatoms. The molecule has 0 spiro atoms. The lowest BCUT2D eigenvalue weighted by Gasteiger charge is -2.23. The fourth-order valence-electron chi connectivity index (χ4n) is 10.5. The maximum atomic E-state index is 5.04. The third kappa shape index (κ3) is 5.43. The predicted molar refractivity (Wildman–Crippen MR) is 264 cm³/mol. The summed E-state index contributed by atoms with van der Waals surface area (Å²) in [6.45, 7) is 4.81. The predicted octanol–water partition coefficient (Wildman–Crippen LogP) is 15.8. The van der Waals surface area contributed by atoms with E-state index < -0.39 is 0 Å². The van der Waals surface area contributed by atoms with Crippen LogP contribution in [-0.2, 0) is 5.41 Å². The van der Waals surface area contributed by atoms with Crippen LogP contribution in [0.25, 0.3) is 121 Å². The normalized spacial score (nSPS) is 13.0. The van der Waals surface area contributed by atoms with E-state index in [0.29, 0.717) is 17.5 Å². The summed E-state index contributed by atoms with van der Waals surface area (Å²) < 4.78 is 0. The van der Waals surface area contributed by atoms with Crippen LogP contribution in [0.15, 0.2) is 200 Å². The monoisotopic (exact) mass is 801 g/mol. The van der Waals surface area contributed by atoms with Crippen molar-refractivity contribution in [3.05, 3.63) is 211 Å². The third-order valence-corrected chi connectivity index (χ3v) is 13.6. The van der Waals surface area contributed by atoms with Gasteiger partial charge < -0.3 is 0 Å². The highest BCUT2D eigenvalue weighted by molar-refractivity contribution is 6.28. The molecule has 0 N–H and O–H groups in total. The van der Waals surface area contributed by atoms with E-state index in [4.69, 9.17) is 15.0 Å². The summed E-state index contributed by atoms with van der Waals surface area (Å²) >= 11 is 0.